The van der Waals surface area contributed by atoms with Gasteiger partial charge in [-0.1, -0.05) is 0 Å². The zero-order valence-corrected chi connectivity index (χ0v) is 6.38. The highest BCUT2D eigenvalue weighted by molar-refractivity contribution is 5.14. The average Bonchev–Trinajstić information content (AvgIpc) is 2.16. The van der Waals surface area contributed by atoms with E-state index in [9.17, 15) is 5.11 Å². The van der Waals surface area contributed by atoms with Crippen LogP contribution in [-0.2, 0) is 0 Å². The summed E-state index contributed by atoms with van der Waals surface area (Å²) in [5.74, 6) is 3.31. The third-order valence-corrected chi connectivity index (χ3v) is 4.40. The molecule has 0 radical (unpaired) electrons. The van der Waals surface area contributed by atoms with E-state index in [1.807, 2.05) is 0 Å². The molecule has 1 N–H and O–H groups in total. The summed E-state index contributed by atoms with van der Waals surface area (Å²) in [4.78, 5) is 0. The Morgan fingerprint density at radius 2 is 2.10 bits per heavy atom. The summed E-state index contributed by atoms with van der Waals surface area (Å²) in [6, 6.07) is 0. The maximum atomic E-state index is 9.99. The van der Waals surface area contributed by atoms with Crippen molar-refractivity contribution >= 4 is 0 Å². The molecular weight excluding hydrogens is 124 g/mol. The predicted octanol–water partition coefficient (Wildman–Crippen LogP) is 1.41. The van der Waals surface area contributed by atoms with Gasteiger partial charge in [-0.15, -0.1) is 0 Å². The van der Waals surface area contributed by atoms with Crippen molar-refractivity contribution in [2.75, 3.05) is 0 Å². The SMILES string of the molecule is C[C@]1(O)[C@H]2C[C@H]3C[C@@H]1[C@H]3C2. The zero-order chi connectivity index (χ0) is 6.93. The molecule has 1 heteroatoms. The van der Waals surface area contributed by atoms with E-state index in [-0.39, 0.29) is 5.60 Å². The topological polar surface area (TPSA) is 20.2 Å². The third-order valence-electron chi connectivity index (χ3n) is 4.40. The lowest BCUT2D eigenvalue weighted by Gasteiger charge is -2.50. The van der Waals surface area contributed by atoms with Crippen molar-refractivity contribution in [2.24, 2.45) is 23.7 Å². The minimum Gasteiger partial charge on any atom is -0.390 e. The van der Waals surface area contributed by atoms with Crippen LogP contribution in [-0.4, -0.2) is 10.7 Å². The average molecular weight is 138 g/mol. The number of hydrogen-bond acceptors (Lipinski definition) is 1. The summed E-state index contributed by atoms with van der Waals surface area (Å²) >= 11 is 0. The molecule has 0 saturated heterocycles. The molecule has 0 aromatic carbocycles. The molecule has 0 amide bonds. The summed E-state index contributed by atoms with van der Waals surface area (Å²) < 4.78 is 0. The normalized spacial score (nSPS) is 70.2. The van der Waals surface area contributed by atoms with E-state index in [2.05, 4.69) is 6.92 Å². The number of aliphatic hydroxyl groups is 1. The zero-order valence-electron chi connectivity index (χ0n) is 6.38. The monoisotopic (exact) mass is 138 g/mol. The van der Waals surface area contributed by atoms with Crippen molar-refractivity contribution < 1.29 is 5.11 Å². The molecule has 5 atom stereocenters. The van der Waals surface area contributed by atoms with Gasteiger partial charge in [-0.05, 0) is 49.9 Å². The van der Waals surface area contributed by atoms with E-state index in [0.29, 0.717) is 11.8 Å². The second kappa shape index (κ2) is 1.29. The largest absolute Gasteiger partial charge is 0.390 e. The summed E-state index contributed by atoms with van der Waals surface area (Å²) in [7, 11) is 0. The van der Waals surface area contributed by atoms with E-state index in [0.717, 1.165) is 11.8 Å². The van der Waals surface area contributed by atoms with Crippen molar-refractivity contribution in [3.63, 3.8) is 0 Å². The van der Waals surface area contributed by atoms with E-state index >= 15 is 0 Å². The molecule has 3 aliphatic carbocycles. The first kappa shape index (κ1) is 5.59. The first-order valence-corrected chi connectivity index (χ1v) is 4.42. The lowest BCUT2D eigenvalue weighted by molar-refractivity contribution is -0.115. The Hall–Kier alpha value is -0.0400. The van der Waals surface area contributed by atoms with Gasteiger partial charge in [-0.2, -0.15) is 0 Å². The van der Waals surface area contributed by atoms with Crippen LogP contribution in [0.2, 0.25) is 0 Å². The fraction of sp³-hybridized carbons (Fsp3) is 1.00. The maximum absolute atomic E-state index is 9.99. The van der Waals surface area contributed by atoms with Gasteiger partial charge in [-0.3, -0.25) is 0 Å². The quantitative estimate of drug-likeness (QED) is 0.536. The van der Waals surface area contributed by atoms with E-state index < -0.39 is 0 Å². The molecule has 56 valence electrons. The lowest BCUT2D eigenvalue weighted by atomic mass is 9.58. The van der Waals surface area contributed by atoms with Gasteiger partial charge < -0.3 is 5.11 Å². The first-order valence-electron chi connectivity index (χ1n) is 4.42. The van der Waals surface area contributed by atoms with Gasteiger partial charge in [0.05, 0.1) is 5.60 Å². The van der Waals surface area contributed by atoms with Crippen molar-refractivity contribution in [1.82, 2.24) is 0 Å². The van der Waals surface area contributed by atoms with Gasteiger partial charge in [0.1, 0.15) is 0 Å². The Balaban J connectivity index is 2.04. The second-order valence-corrected chi connectivity index (χ2v) is 4.66. The molecule has 0 spiro atoms. The van der Waals surface area contributed by atoms with Gasteiger partial charge in [0.15, 0.2) is 0 Å². The predicted molar refractivity (Wildman–Crippen MR) is 38.4 cm³/mol. The standard InChI is InChI=1S/C9H14O/c1-9(10)6-2-5-3-8(9)7(5)4-6/h5-8,10H,2-4H2,1H3/t5-,6-,7-,8+,9-/m0/s1. The molecule has 3 aliphatic rings. The molecule has 0 aliphatic heterocycles. The Morgan fingerprint density at radius 3 is 2.40 bits per heavy atom. The number of rotatable bonds is 0. The molecule has 0 heterocycles. The van der Waals surface area contributed by atoms with Crippen LogP contribution < -0.4 is 0 Å². The van der Waals surface area contributed by atoms with E-state index in [1.54, 1.807) is 0 Å². The molecule has 3 saturated carbocycles. The first-order chi connectivity index (χ1) is 4.69. The molecule has 3 rings (SSSR count). The minimum atomic E-state index is -0.264. The summed E-state index contributed by atoms with van der Waals surface area (Å²) in [6.45, 7) is 2.05. The van der Waals surface area contributed by atoms with Crippen LogP contribution in [0.5, 0.6) is 0 Å². The molecule has 0 aromatic heterocycles. The van der Waals surface area contributed by atoms with Crippen molar-refractivity contribution in [2.45, 2.75) is 31.8 Å². The fourth-order valence-corrected chi connectivity index (χ4v) is 3.68. The molecule has 2 bridgehead atoms. The van der Waals surface area contributed by atoms with Gasteiger partial charge in [0.2, 0.25) is 0 Å². The highest BCUT2D eigenvalue weighted by atomic mass is 16.3. The Labute approximate surface area is 61.4 Å². The summed E-state index contributed by atoms with van der Waals surface area (Å²) in [5, 5.41) is 9.99. The van der Waals surface area contributed by atoms with Crippen LogP contribution in [0, 0.1) is 23.7 Å². The van der Waals surface area contributed by atoms with Crippen LogP contribution in [0.15, 0.2) is 0 Å². The highest BCUT2D eigenvalue weighted by Crippen LogP contribution is 2.67. The molecule has 0 aromatic rings. The van der Waals surface area contributed by atoms with Crippen molar-refractivity contribution in [3.05, 3.63) is 0 Å². The van der Waals surface area contributed by atoms with Gasteiger partial charge in [-0.25, -0.2) is 0 Å². The number of hydrogen-bond donors (Lipinski definition) is 1. The highest BCUT2D eigenvalue weighted by Gasteiger charge is 2.64. The van der Waals surface area contributed by atoms with Crippen LogP contribution >= 0.6 is 0 Å². The van der Waals surface area contributed by atoms with Crippen LogP contribution in [0.3, 0.4) is 0 Å². The summed E-state index contributed by atoms with van der Waals surface area (Å²) in [6.07, 6.45) is 3.99. The number of fused-ring (bicyclic) bond motifs is 1. The van der Waals surface area contributed by atoms with Gasteiger partial charge in [0.25, 0.3) is 0 Å². The van der Waals surface area contributed by atoms with Crippen molar-refractivity contribution in [1.29, 1.82) is 0 Å². The molecule has 3 fully saturated rings. The van der Waals surface area contributed by atoms with E-state index in [1.165, 1.54) is 19.3 Å². The Bertz CT molecular complexity index is 179. The summed E-state index contributed by atoms with van der Waals surface area (Å²) in [5.41, 5.74) is -0.264. The van der Waals surface area contributed by atoms with Crippen LogP contribution in [0.1, 0.15) is 26.2 Å². The molecular formula is C9H14O. The second-order valence-electron chi connectivity index (χ2n) is 4.66. The lowest BCUT2D eigenvalue weighted by Crippen LogP contribution is -2.50. The Morgan fingerprint density at radius 1 is 1.30 bits per heavy atom. The fourth-order valence-electron chi connectivity index (χ4n) is 3.68. The Kier molecular flexibility index (Phi) is 0.722. The minimum absolute atomic E-state index is 0.264. The van der Waals surface area contributed by atoms with Gasteiger partial charge >= 0.3 is 0 Å². The van der Waals surface area contributed by atoms with Crippen molar-refractivity contribution in [3.8, 4) is 0 Å². The smallest absolute Gasteiger partial charge is 0.0678 e. The van der Waals surface area contributed by atoms with Crippen LogP contribution in [0.25, 0.3) is 0 Å². The molecule has 0 unspecified atom stereocenters. The van der Waals surface area contributed by atoms with Gasteiger partial charge in [0, 0.05) is 0 Å². The van der Waals surface area contributed by atoms with E-state index in [4.69, 9.17) is 0 Å². The maximum Gasteiger partial charge on any atom is 0.0678 e. The molecule has 10 heavy (non-hydrogen) atoms. The van der Waals surface area contributed by atoms with Crippen LogP contribution in [0.4, 0.5) is 0 Å². The molecule has 1 nitrogen and oxygen atoms in total. The third kappa shape index (κ3) is 0.378.